The van der Waals surface area contributed by atoms with Gasteiger partial charge in [0.15, 0.2) is 0 Å². The summed E-state index contributed by atoms with van der Waals surface area (Å²) >= 11 is 0. The van der Waals surface area contributed by atoms with E-state index in [-0.39, 0.29) is 12.1 Å². The number of hydrogen-bond acceptors (Lipinski definition) is 2. The Bertz CT molecular complexity index is 409. The summed E-state index contributed by atoms with van der Waals surface area (Å²) in [5.74, 6) is 0.367. The second-order valence-corrected chi connectivity index (χ2v) is 4.28. The maximum Gasteiger partial charge on any atom is 0.306 e. The first-order chi connectivity index (χ1) is 6.74. The normalized spacial score (nSPS) is 28.5. The first kappa shape index (κ1) is 8.04. The Hall–Kier alpha value is -1.31. The highest BCUT2D eigenvalue weighted by atomic mass is 16.6. The number of hydrogen-bond donors (Lipinski definition) is 0. The highest BCUT2D eigenvalue weighted by Crippen LogP contribution is 2.45. The van der Waals surface area contributed by atoms with E-state index in [2.05, 4.69) is 25.1 Å². The molecular weight excluding hydrogens is 176 g/mol. The van der Waals surface area contributed by atoms with Crippen LogP contribution in [-0.4, -0.2) is 5.97 Å². The lowest BCUT2D eigenvalue weighted by Gasteiger charge is -2.09. The molecule has 0 unspecified atom stereocenters. The molecule has 2 heteroatoms. The molecule has 0 saturated carbocycles. The second-order valence-electron chi connectivity index (χ2n) is 4.28. The van der Waals surface area contributed by atoms with Gasteiger partial charge in [0.05, 0.1) is 6.42 Å². The van der Waals surface area contributed by atoms with E-state index < -0.39 is 0 Å². The van der Waals surface area contributed by atoms with Gasteiger partial charge < -0.3 is 4.74 Å². The molecule has 0 bridgehead atoms. The molecular formula is C12H12O2. The van der Waals surface area contributed by atoms with E-state index >= 15 is 0 Å². The van der Waals surface area contributed by atoms with Crippen LogP contribution in [0.2, 0.25) is 0 Å². The predicted molar refractivity (Wildman–Crippen MR) is 51.8 cm³/mol. The van der Waals surface area contributed by atoms with E-state index in [0.29, 0.717) is 12.3 Å². The fraction of sp³-hybridized carbons (Fsp3) is 0.417. The third kappa shape index (κ3) is 0.999. The molecule has 1 aliphatic heterocycles. The predicted octanol–water partition coefficient (Wildman–Crippen LogP) is 2.16. The molecule has 0 radical (unpaired) electrons. The fourth-order valence-electron chi connectivity index (χ4n) is 2.55. The van der Waals surface area contributed by atoms with Crippen LogP contribution in [0.25, 0.3) is 0 Å². The summed E-state index contributed by atoms with van der Waals surface area (Å²) in [5.41, 5.74) is 3.84. The standard InChI is InChI=1S/C12H12O2/c1-7-2-3-8-5-9-6-11(13)14-12(9)10(8)4-7/h2-4,9,12H,5-6H2,1H3/t9-,12+/m1/s1. The lowest BCUT2D eigenvalue weighted by atomic mass is 10.0. The molecule has 2 nitrogen and oxygen atoms in total. The van der Waals surface area contributed by atoms with Crippen LogP contribution in [0.5, 0.6) is 0 Å². The van der Waals surface area contributed by atoms with Crippen LogP contribution in [-0.2, 0) is 16.0 Å². The number of aryl methyl sites for hydroxylation is 1. The zero-order chi connectivity index (χ0) is 9.71. The number of carbonyl (C=O) groups excluding carboxylic acids is 1. The maximum atomic E-state index is 11.1. The molecule has 2 atom stereocenters. The summed E-state index contributed by atoms with van der Waals surface area (Å²) in [7, 11) is 0. The Balaban J connectivity index is 2.07. The smallest absolute Gasteiger partial charge is 0.306 e. The maximum absolute atomic E-state index is 11.1. The molecule has 0 amide bonds. The minimum absolute atomic E-state index is 0.0350. The molecule has 0 spiro atoms. The van der Waals surface area contributed by atoms with E-state index in [1.54, 1.807) is 0 Å². The third-order valence-corrected chi connectivity index (χ3v) is 3.21. The zero-order valence-electron chi connectivity index (χ0n) is 8.12. The van der Waals surface area contributed by atoms with Gasteiger partial charge in [0, 0.05) is 5.92 Å². The van der Waals surface area contributed by atoms with Crippen molar-refractivity contribution in [3.63, 3.8) is 0 Å². The highest BCUT2D eigenvalue weighted by Gasteiger charge is 2.41. The van der Waals surface area contributed by atoms with E-state index in [1.807, 2.05) is 0 Å². The monoisotopic (exact) mass is 188 g/mol. The van der Waals surface area contributed by atoms with Gasteiger partial charge in [0.1, 0.15) is 6.10 Å². The average molecular weight is 188 g/mol. The van der Waals surface area contributed by atoms with Crippen molar-refractivity contribution in [3.8, 4) is 0 Å². The van der Waals surface area contributed by atoms with Crippen LogP contribution in [0.3, 0.4) is 0 Å². The van der Waals surface area contributed by atoms with Gasteiger partial charge in [-0.15, -0.1) is 0 Å². The lowest BCUT2D eigenvalue weighted by molar-refractivity contribution is -0.141. The van der Waals surface area contributed by atoms with Crippen molar-refractivity contribution < 1.29 is 9.53 Å². The minimum Gasteiger partial charge on any atom is -0.457 e. The van der Waals surface area contributed by atoms with E-state index in [4.69, 9.17) is 4.74 Å². The number of benzene rings is 1. The molecule has 14 heavy (non-hydrogen) atoms. The van der Waals surface area contributed by atoms with Crippen molar-refractivity contribution in [2.24, 2.45) is 5.92 Å². The third-order valence-electron chi connectivity index (χ3n) is 3.21. The first-order valence-corrected chi connectivity index (χ1v) is 5.03. The van der Waals surface area contributed by atoms with E-state index in [0.717, 1.165) is 6.42 Å². The minimum atomic E-state index is -0.0350. The molecule has 1 heterocycles. The van der Waals surface area contributed by atoms with E-state index in [9.17, 15) is 4.79 Å². The van der Waals surface area contributed by atoms with Crippen LogP contribution < -0.4 is 0 Å². The molecule has 1 aromatic rings. The average Bonchev–Trinajstić information content (AvgIpc) is 2.62. The van der Waals surface area contributed by atoms with Crippen molar-refractivity contribution in [2.45, 2.75) is 25.9 Å². The molecule has 0 aromatic heterocycles. The highest BCUT2D eigenvalue weighted by molar-refractivity contribution is 5.73. The molecule has 1 fully saturated rings. The molecule has 0 N–H and O–H groups in total. The first-order valence-electron chi connectivity index (χ1n) is 5.03. The number of fused-ring (bicyclic) bond motifs is 3. The van der Waals surface area contributed by atoms with Crippen molar-refractivity contribution in [3.05, 3.63) is 34.9 Å². The number of esters is 1. The topological polar surface area (TPSA) is 26.3 Å². The molecule has 72 valence electrons. The second kappa shape index (κ2) is 2.59. The molecule has 3 rings (SSSR count). The lowest BCUT2D eigenvalue weighted by Crippen LogP contribution is -1.99. The Labute approximate surface area is 82.9 Å². The Morgan fingerprint density at radius 1 is 1.36 bits per heavy atom. The summed E-state index contributed by atoms with van der Waals surface area (Å²) in [6, 6.07) is 6.44. The molecule has 1 aliphatic carbocycles. The summed E-state index contributed by atoms with van der Waals surface area (Å²) < 4.78 is 5.33. The van der Waals surface area contributed by atoms with E-state index in [1.165, 1.54) is 16.7 Å². The quantitative estimate of drug-likeness (QED) is 0.583. The zero-order valence-corrected chi connectivity index (χ0v) is 8.12. The van der Waals surface area contributed by atoms with Gasteiger partial charge in [0.25, 0.3) is 0 Å². The Kier molecular flexibility index (Phi) is 1.49. The van der Waals surface area contributed by atoms with Crippen LogP contribution >= 0.6 is 0 Å². The van der Waals surface area contributed by atoms with Gasteiger partial charge in [-0.1, -0.05) is 23.8 Å². The fourth-order valence-corrected chi connectivity index (χ4v) is 2.55. The largest absolute Gasteiger partial charge is 0.457 e. The SMILES string of the molecule is Cc1ccc2c(c1)[C@H]1OC(=O)C[C@H]1C2. The van der Waals surface area contributed by atoms with Gasteiger partial charge in [-0.3, -0.25) is 4.79 Å². The van der Waals surface area contributed by atoms with Crippen LogP contribution in [0.4, 0.5) is 0 Å². The Morgan fingerprint density at radius 2 is 2.21 bits per heavy atom. The molecule has 2 aliphatic rings. The molecule has 1 aromatic carbocycles. The number of rotatable bonds is 0. The Morgan fingerprint density at radius 3 is 3.07 bits per heavy atom. The number of ether oxygens (including phenoxy) is 1. The summed E-state index contributed by atoms with van der Waals surface area (Å²) in [6.07, 6.45) is 1.65. The summed E-state index contributed by atoms with van der Waals surface area (Å²) in [4.78, 5) is 11.1. The van der Waals surface area contributed by atoms with Gasteiger partial charge in [0.2, 0.25) is 0 Å². The van der Waals surface area contributed by atoms with Crippen LogP contribution in [0.1, 0.15) is 29.2 Å². The van der Waals surface area contributed by atoms with Crippen molar-refractivity contribution in [2.75, 3.05) is 0 Å². The van der Waals surface area contributed by atoms with Crippen molar-refractivity contribution in [1.29, 1.82) is 0 Å². The molecule has 1 saturated heterocycles. The van der Waals surface area contributed by atoms with Gasteiger partial charge >= 0.3 is 5.97 Å². The van der Waals surface area contributed by atoms with Crippen LogP contribution in [0.15, 0.2) is 18.2 Å². The van der Waals surface area contributed by atoms with Gasteiger partial charge in [-0.05, 0) is 24.5 Å². The van der Waals surface area contributed by atoms with Gasteiger partial charge in [-0.25, -0.2) is 0 Å². The van der Waals surface area contributed by atoms with Crippen molar-refractivity contribution in [1.82, 2.24) is 0 Å². The summed E-state index contributed by atoms with van der Waals surface area (Å²) in [5, 5.41) is 0. The van der Waals surface area contributed by atoms with Gasteiger partial charge in [-0.2, -0.15) is 0 Å². The van der Waals surface area contributed by atoms with Crippen LogP contribution in [0, 0.1) is 12.8 Å². The number of carbonyl (C=O) groups is 1. The summed E-state index contributed by atoms with van der Waals surface area (Å²) in [6.45, 7) is 2.07. The van der Waals surface area contributed by atoms with Crippen molar-refractivity contribution >= 4 is 5.97 Å².